The molecule has 0 saturated heterocycles. The summed E-state index contributed by atoms with van der Waals surface area (Å²) < 4.78 is 15.8. The van der Waals surface area contributed by atoms with Crippen LogP contribution in [-0.2, 0) is 6.54 Å². The van der Waals surface area contributed by atoms with E-state index in [4.69, 9.17) is 0 Å². The first-order valence-corrected chi connectivity index (χ1v) is 8.15. The molecule has 0 bridgehead atoms. The molecule has 8 heteroatoms. The second kappa shape index (κ2) is 7.09. The van der Waals surface area contributed by atoms with E-state index in [2.05, 4.69) is 15.4 Å². The molecule has 2 N–H and O–H groups in total. The molecule has 0 saturated carbocycles. The molecule has 3 rings (SSSR count). The van der Waals surface area contributed by atoms with Gasteiger partial charge in [0.05, 0.1) is 29.5 Å². The number of carbonyl (C=O) groups is 1. The Kier molecular flexibility index (Phi) is 4.85. The third kappa shape index (κ3) is 3.80. The Balaban J connectivity index is 1.90. The van der Waals surface area contributed by atoms with Crippen LogP contribution in [0.25, 0.3) is 10.9 Å². The second-order valence-corrected chi connectivity index (χ2v) is 6.47. The predicted molar refractivity (Wildman–Crippen MR) is 98.0 cm³/mol. The van der Waals surface area contributed by atoms with Gasteiger partial charge in [0.2, 0.25) is 5.56 Å². The Morgan fingerprint density at radius 1 is 1.35 bits per heavy atom. The van der Waals surface area contributed by atoms with Crippen molar-refractivity contribution in [3.8, 4) is 0 Å². The molecule has 0 aliphatic heterocycles. The van der Waals surface area contributed by atoms with Gasteiger partial charge in [-0.05, 0) is 38.7 Å². The number of nitrogens with zero attached hydrogens (tertiary/aromatic N) is 3. The van der Waals surface area contributed by atoms with Crippen molar-refractivity contribution in [2.45, 2.75) is 13.5 Å². The van der Waals surface area contributed by atoms with Gasteiger partial charge in [-0.2, -0.15) is 5.10 Å². The number of halogens is 1. The Morgan fingerprint density at radius 2 is 2.12 bits per heavy atom. The van der Waals surface area contributed by atoms with Crippen LogP contribution in [0.1, 0.15) is 15.9 Å². The summed E-state index contributed by atoms with van der Waals surface area (Å²) in [6, 6.07) is 4.16. The quantitative estimate of drug-likeness (QED) is 0.731. The number of pyridine rings is 1. The summed E-state index contributed by atoms with van der Waals surface area (Å²) in [4.78, 5) is 28.9. The minimum absolute atomic E-state index is 0.0231. The Labute approximate surface area is 149 Å². The van der Waals surface area contributed by atoms with Crippen LogP contribution >= 0.6 is 0 Å². The molecule has 26 heavy (non-hydrogen) atoms. The Morgan fingerprint density at radius 3 is 2.85 bits per heavy atom. The van der Waals surface area contributed by atoms with E-state index in [-0.39, 0.29) is 11.1 Å². The number of benzene rings is 1. The van der Waals surface area contributed by atoms with Crippen molar-refractivity contribution in [3.05, 3.63) is 57.9 Å². The fraction of sp³-hybridized carbons (Fsp3) is 0.278. The number of H-pyrrole nitrogens is 1. The van der Waals surface area contributed by atoms with Crippen LogP contribution in [0.3, 0.4) is 0 Å². The van der Waals surface area contributed by atoms with E-state index in [1.165, 1.54) is 18.3 Å². The molecule has 0 fully saturated rings. The lowest BCUT2D eigenvalue weighted by Gasteiger charge is -2.09. The van der Waals surface area contributed by atoms with E-state index in [1.54, 1.807) is 23.9 Å². The number of carbonyl (C=O) groups excluding carboxylic acids is 1. The average Bonchev–Trinajstić information content (AvgIpc) is 3.00. The molecule has 0 atom stereocenters. The predicted octanol–water partition coefficient (Wildman–Crippen LogP) is 1.99. The van der Waals surface area contributed by atoms with Crippen molar-refractivity contribution in [3.63, 3.8) is 0 Å². The molecule has 0 unspecified atom stereocenters. The van der Waals surface area contributed by atoms with Crippen molar-refractivity contribution >= 4 is 22.5 Å². The molecular formula is C18H20FN5O2. The van der Waals surface area contributed by atoms with E-state index >= 15 is 0 Å². The zero-order valence-electron chi connectivity index (χ0n) is 14.8. The van der Waals surface area contributed by atoms with Crippen LogP contribution in [0.5, 0.6) is 0 Å². The molecule has 2 heterocycles. The van der Waals surface area contributed by atoms with E-state index in [0.29, 0.717) is 23.2 Å². The normalized spacial score (nSPS) is 11.3. The van der Waals surface area contributed by atoms with Crippen molar-refractivity contribution in [2.75, 3.05) is 26.0 Å². The van der Waals surface area contributed by atoms with E-state index in [1.807, 2.05) is 19.0 Å². The van der Waals surface area contributed by atoms with E-state index in [9.17, 15) is 14.0 Å². The lowest BCUT2D eigenvalue weighted by atomic mass is 10.1. The zero-order chi connectivity index (χ0) is 18.8. The molecule has 1 amide bonds. The van der Waals surface area contributed by atoms with Crippen LogP contribution < -0.4 is 10.9 Å². The van der Waals surface area contributed by atoms with E-state index < -0.39 is 17.3 Å². The minimum Gasteiger partial charge on any atom is -0.319 e. The summed E-state index contributed by atoms with van der Waals surface area (Å²) in [5.41, 5.74) is 0.775. The summed E-state index contributed by atoms with van der Waals surface area (Å²) in [5, 5.41) is 7.26. The number of hydrogen-bond donors (Lipinski definition) is 2. The van der Waals surface area contributed by atoms with Gasteiger partial charge in [0.1, 0.15) is 5.82 Å². The smallest absolute Gasteiger partial charge is 0.256 e. The molecule has 136 valence electrons. The number of hydrogen-bond acceptors (Lipinski definition) is 4. The van der Waals surface area contributed by atoms with E-state index in [0.717, 1.165) is 6.54 Å². The zero-order valence-corrected chi connectivity index (χ0v) is 14.8. The molecule has 0 spiro atoms. The molecule has 2 aromatic heterocycles. The summed E-state index contributed by atoms with van der Waals surface area (Å²) in [6.45, 7) is 3.22. The highest BCUT2D eigenvalue weighted by Gasteiger charge is 2.15. The van der Waals surface area contributed by atoms with Gasteiger partial charge in [-0.25, -0.2) is 4.39 Å². The van der Waals surface area contributed by atoms with Gasteiger partial charge in [-0.3, -0.25) is 14.3 Å². The molecule has 7 nitrogen and oxygen atoms in total. The third-order valence-corrected chi connectivity index (χ3v) is 3.96. The fourth-order valence-electron chi connectivity index (χ4n) is 2.69. The number of nitrogens with one attached hydrogen (secondary N) is 2. The highest BCUT2D eigenvalue weighted by Crippen LogP contribution is 2.21. The van der Waals surface area contributed by atoms with Crippen LogP contribution in [0.4, 0.5) is 10.1 Å². The standard InChI is InChI=1S/C18H20FN5O2/c1-11-6-13-14(8-16(25)22-17(13)15(19)7-11)18(26)21-12-9-20-24(10-12)5-4-23(2)3/h6-10H,4-5H2,1-3H3,(H,21,26)(H,22,25). The summed E-state index contributed by atoms with van der Waals surface area (Å²) in [6.07, 6.45) is 3.25. The number of likely N-dealkylation sites (N-methyl/N-ethyl adjacent to an activating group) is 1. The number of aromatic amines is 1. The highest BCUT2D eigenvalue weighted by molar-refractivity contribution is 6.12. The van der Waals surface area contributed by atoms with Crippen molar-refractivity contribution in [2.24, 2.45) is 0 Å². The number of aryl methyl sites for hydroxylation is 1. The van der Waals surface area contributed by atoms with Crippen LogP contribution in [0.2, 0.25) is 0 Å². The summed E-state index contributed by atoms with van der Waals surface area (Å²) >= 11 is 0. The van der Waals surface area contributed by atoms with Gasteiger partial charge in [0.15, 0.2) is 0 Å². The van der Waals surface area contributed by atoms with Crippen LogP contribution in [0.15, 0.2) is 35.4 Å². The summed E-state index contributed by atoms with van der Waals surface area (Å²) in [7, 11) is 3.93. The number of anilines is 1. The number of fused-ring (bicyclic) bond motifs is 1. The fourth-order valence-corrected chi connectivity index (χ4v) is 2.69. The van der Waals surface area contributed by atoms with Gasteiger partial charge in [-0.15, -0.1) is 0 Å². The maximum Gasteiger partial charge on any atom is 0.256 e. The monoisotopic (exact) mass is 357 g/mol. The number of aromatic nitrogens is 3. The van der Waals surface area contributed by atoms with Gasteiger partial charge < -0.3 is 15.2 Å². The molecular weight excluding hydrogens is 337 g/mol. The maximum absolute atomic E-state index is 14.1. The topological polar surface area (TPSA) is 83.0 Å². The van der Waals surface area contributed by atoms with Gasteiger partial charge in [0.25, 0.3) is 5.91 Å². The van der Waals surface area contributed by atoms with Gasteiger partial charge in [-0.1, -0.05) is 0 Å². The van der Waals surface area contributed by atoms with Crippen molar-refractivity contribution < 1.29 is 9.18 Å². The third-order valence-electron chi connectivity index (χ3n) is 3.96. The van der Waals surface area contributed by atoms with Gasteiger partial charge in [0, 0.05) is 24.2 Å². The van der Waals surface area contributed by atoms with Crippen molar-refractivity contribution in [1.82, 2.24) is 19.7 Å². The first kappa shape index (κ1) is 17.8. The van der Waals surface area contributed by atoms with Crippen LogP contribution in [-0.4, -0.2) is 46.2 Å². The minimum atomic E-state index is -0.566. The average molecular weight is 357 g/mol. The lowest BCUT2D eigenvalue weighted by molar-refractivity contribution is 0.102. The van der Waals surface area contributed by atoms with Crippen LogP contribution in [0, 0.1) is 12.7 Å². The van der Waals surface area contributed by atoms with Crippen molar-refractivity contribution in [1.29, 1.82) is 0 Å². The molecule has 0 radical (unpaired) electrons. The molecule has 0 aliphatic rings. The SMILES string of the molecule is Cc1cc(F)c2[nH]c(=O)cc(C(=O)Nc3cnn(CCN(C)C)c3)c2c1. The number of rotatable bonds is 5. The Bertz CT molecular complexity index is 1020. The largest absolute Gasteiger partial charge is 0.319 e. The first-order chi connectivity index (χ1) is 12.3. The molecule has 3 aromatic rings. The summed E-state index contributed by atoms with van der Waals surface area (Å²) in [5.74, 6) is -1.05. The lowest BCUT2D eigenvalue weighted by Crippen LogP contribution is -2.18. The first-order valence-electron chi connectivity index (χ1n) is 8.15. The maximum atomic E-state index is 14.1. The van der Waals surface area contributed by atoms with Gasteiger partial charge >= 0.3 is 0 Å². The Hall–Kier alpha value is -3.00. The molecule has 1 aromatic carbocycles. The number of amides is 1. The second-order valence-electron chi connectivity index (χ2n) is 6.47. The highest BCUT2D eigenvalue weighted by atomic mass is 19.1. The molecule has 0 aliphatic carbocycles.